The van der Waals surface area contributed by atoms with E-state index in [9.17, 15) is 27.9 Å². The Balaban J connectivity index is 2.15. The number of benzene rings is 1. The lowest BCUT2D eigenvalue weighted by atomic mass is 9.80. The van der Waals surface area contributed by atoms with Gasteiger partial charge < -0.3 is 15.2 Å². The van der Waals surface area contributed by atoms with Crippen LogP contribution in [0, 0.1) is 5.41 Å². The van der Waals surface area contributed by atoms with Crippen molar-refractivity contribution in [3.63, 3.8) is 0 Å². The predicted octanol–water partition coefficient (Wildman–Crippen LogP) is 2.32. The molecule has 1 aromatic rings. The van der Waals surface area contributed by atoms with Crippen molar-refractivity contribution >= 4 is 11.9 Å². The van der Waals surface area contributed by atoms with Gasteiger partial charge in [0.15, 0.2) is 0 Å². The second kappa shape index (κ2) is 6.57. The summed E-state index contributed by atoms with van der Waals surface area (Å²) in [6.07, 6.45) is -4.26. The molecular weight excluding hydrogens is 315 g/mol. The molecule has 0 atom stereocenters. The molecule has 8 heteroatoms. The normalized spacial score (nSPS) is 17.5. The minimum Gasteiger partial charge on any atom is -0.481 e. The van der Waals surface area contributed by atoms with Crippen molar-refractivity contribution in [3.8, 4) is 0 Å². The highest BCUT2D eigenvalue weighted by Crippen LogP contribution is 2.33. The number of rotatable bonds is 4. The predicted molar refractivity (Wildman–Crippen MR) is 73.9 cm³/mol. The Kier molecular flexibility index (Phi) is 4.93. The summed E-state index contributed by atoms with van der Waals surface area (Å²) in [5.41, 5.74) is -2.78. The lowest BCUT2D eigenvalue weighted by molar-refractivity contribution is -0.154. The molecule has 1 fully saturated rings. The minimum atomic E-state index is -4.66. The summed E-state index contributed by atoms with van der Waals surface area (Å²) in [6.45, 7) is 0.235. The quantitative estimate of drug-likeness (QED) is 0.888. The van der Waals surface area contributed by atoms with Crippen molar-refractivity contribution in [1.29, 1.82) is 0 Å². The van der Waals surface area contributed by atoms with Crippen LogP contribution in [0.25, 0.3) is 0 Å². The maximum Gasteiger partial charge on any atom is 0.417 e. The van der Waals surface area contributed by atoms with Crippen molar-refractivity contribution in [2.75, 3.05) is 19.8 Å². The molecule has 1 aromatic carbocycles. The number of hydrogen-bond donors (Lipinski definition) is 2. The maximum atomic E-state index is 12.9. The highest BCUT2D eigenvalue weighted by Gasteiger charge is 2.41. The molecule has 1 heterocycles. The van der Waals surface area contributed by atoms with E-state index in [2.05, 4.69) is 5.32 Å². The van der Waals surface area contributed by atoms with Crippen LogP contribution in [0.3, 0.4) is 0 Å². The van der Waals surface area contributed by atoms with Crippen LogP contribution in [-0.4, -0.2) is 36.7 Å². The van der Waals surface area contributed by atoms with Gasteiger partial charge >= 0.3 is 12.1 Å². The first kappa shape index (κ1) is 17.3. The van der Waals surface area contributed by atoms with E-state index in [0.29, 0.717) is 0 Å². The molecule has 23 heavy (non-hydrogen) atoms. The number of aliphatic carboxylic acids is 1. The first-order chi connectivity index (χ1) is 10.8. The average Bonchev–Trinajstić information content (AvgIpc) is 2.52. The van der Waals surface area contributed by atoms with Crippen molar-refractivity contribution in [2.24, 2.45) is 5.41 Å². The van der Waals surface area contributed by atoms with E-state index in [1.165, 1.54) is 12.1 Å². The molecule has 0 saturated carbocycles. The van der Waals surface area contributed by atoms with Crippen LogP contribution in [0.15, 0.2) is 24.3 Å². The second-order valence-corrected chi connectivity index (χ2v) is 5.42. The molecule has 126 valence electrons. The van der Waals surface area contributed by atoms with Gasteiger partial charge in [0.2, 0.25) is 0 Å². The number of ether oxygens (including phenoxy) is 1. The van der Waals surface area contributed by atoms with Gasteiger partial charge in [0.25, 0.3) is 5.91 Å². The van der Waals surface area contributed by atoms with Crippen LogP contribution in [0.4, 0.5) is 13.2 Å². The fraction of sp³-hybridized carbons (Fsp3) is 0.467. The molecule has 0 spiro atoms. The van der Waals surface area contributed by atoms with Gasteiger partial charge in [-0.1, -0.05) is 12.1 Å². The van der Waals surface area contributed by atoms with Crippen LogP contribution < -0.4 is 5.32 Å². The monoisotopic (exact) mass is 331 g/mol. The number of alkyl halides is 3. The third-order valence-corrected chi connectivity index (χ3v) is 3.97. The number of carbonyl (C=O) groups excluding carboxylic acids is 1. The van der Waals surface area contributed by atoms with Gasteiger partial charge in [0, 0.05) is 19.8 Å². The standard InChI is InChI=1S/C15H16F3NO4/c16-15(17,18)11-4-2-1-3-10(11)12(20)19-9-14(13(21)22)5-7-23-8-6-14/h1-4H,5-9H2,(H,19,20)(H,21,22). The minimum absolute atomic E-state index is 0.198. The number of amides is 1. The number of carboxylic acids is 1. The fourth-order valence-corrected chi connectivity index (χ4v) is 2.50. The lowest BCUT2D eigenvalue weighted by Gasteiger charge is -2.33. The molecule has 0 aromatic heterocycles. The summed E-state index contributed by atoms with van der Waals surface area (Å²) in [7, 11) is 0. The number of hydrogen-bond acceptors (Lipinski definition) is 3. The van der Waals surface area contributed by atoms with Crippen molar-refractivity contribution in [1.82, 2.24) is 5.32 Å². The van der Waals surface area contributed by atoms with E-state index in [0.717, 1.165) is 12.1 Å². The SMILES string of the molecule is O=C(NCC1(C(=O)O)CCOCC1)c1ccccc1C(F)(F)F. The van der Waals surface area contributed by atoms with Crippen LogP contribution in [0.5, 0.6) is 0 Å². The van der Waals surface area contributed by atoms with Crippen molar-refractivity contribution in [3.05, 3.63) is 35.4 Å². The van der Waals surface area contributed by atoms with E-state index in [4.69, 9.17) is 4.74 Å². The zero-order chi connectivity index (χ0) is 17.1. The molecular formula is C15H16F3NO4. The first-order valence-electron chi connectivity index (χ1n) is 7.02. The van der Waals surface area contributed by atoms with E-state index < -0.39 is 34.6 Å². The van der Waals surface area contributed by atoms with Gasteiger partial charge in [0.1, 0.15) is 0 Å². The van der Waals surface area contributed by atoms with Crippen LogP contribution in [-0.2, 0) is 15.7 Å². The average molecular weight is 331 g/mol. The molecule has 0 radical (unpaired) electrons. The second-order valence-electron chi connectivity index (χ2n) is 5.42. The fourth-order valence-electron chi connectivity index (χ4n) is 2.50. The van der Waals surface area contributed by atoms with Gasteiger partial charge in [-0.15, -0.1) is 0 Å². The zero-order valence-corrected chi connectivity index (χ0v) is 12.2. The summed E-state index contributed by atoms with van der Waals surface area (Å²) in [6, 6.07) is 4.40. The van der Waals surface area contributed by atoms with E-state index in [-0.39, 0.29) is 32.6 Å². The Morgan fingerprint density at radius 3 is 2.39 bits per heavy atom. The van der Waals surface area contributed by atoms with Gasteiger partial charge in [-0.3, -0.25) is 9.59 Å². The van der Waals surface area contributed by atoms with Crippen LogP contribution in [0.1, 0.15) is 28.8 Å². The molecule has 2 rings (SSSR count). The number of carboxylic acid groups (broad SMARTS) is 1. The summed E-state index contributed by atoms with van der Waals surface area (Å²) >= 11 is 0. The molecule has 5 nitrogen and oxygen atoms in total. The van der Waals surface area contributed by atoms with Crippen LogP contribution in [0.2, 0.25) is 0 Å². The summed E-state index contributed by atoms with van der Waals surface area (Å²) in [5.74, 6) is -2.03. The van der Waals surface area contributed by atoms with Crippen LogP contribution >= 0.6 is 0 Å². The van der Waals surface area contributed by atoms with Gasteiger partial charge in [-0.2, -0.15) is 13.2 Å². The Hall–Kier alpha value is -2.09. The Morgan fingerprint density at radius 2 is 1.83 bits per heavy atom. The molecule has 1 aliphatic rings. The lowest BCUT2D eigenvalue weighted by Crippen LogP contribution is -2.46. The number of halogens is 3. The van der Waals surface area contributed by atoms with E-state index in [1.807, 2.05) is 0 Å². The molecule has 1 amide bonds. The zero-order valence-electron chi connectivity index (χ0n) is 12.2. The Labute approximate surface area is 130 Å². The Bertz CT molecular complexity index is 595. The smallest absolute Gasteiger partial charge is 0.417 e. The maximum absolute atomic E-state index is 12.9. The highest BCUT2D eigenvalue weighted by atomic mass is 19.4. The molecule has 1 aliphatic heterocycles. The van der Waals surface area contributed by atoms with Crippen molar-refractivity contribution < 1.29 is 32.6 Å². The summed E-state index contributed by atoms with van der Waals surface area (Å²) in [5, 5.41) is 11.7. The van der Waals surface area contributed by atoms with E-state index in [1.54, 1.807) is 0 Å². The van der Waals surface area contributed by atoms with E-state index >= 15 is 0 Å². The molecule has 2 N–H and O–H groups in total. The summed E-state index contributed by atoms with van der Waals surface area (Å²) < 4.78 is 43.9. The largest absolute Gasteiger partial charge is 0.481 e. The van der Waals surface area contributed by atoms with Gasteiger partial charge in [-0.05, 0) is 25.0 Å². The number of nitrogens with one attached hydrogen (secondary N) is 1. The molecule has 1 saturated heterocycles. The third-order valence-electron chi connectivity index (χ3n) is 3.97. The topological polar surface area (TPSA) is 75.6 Å². The first-order valence-corrected chi connectivity index (χ1v) is 7.02. The molecule has 0 bridgehead atoms. The third kappa shape index (κ3) is 3.82. The van der Waals surface area contributed by atoms with Gasteiger partial charge in [0.05, 0.1) is 16.5 Å². The Morgan fingerprint density at radius 1 is 1.22 bits per heavy atom. The van der Waals surface area contributed by atoms with Crippen molar-refractivity contribution in [2.45, 2.75) is 19.0 Å². The highest BCUT2D eigenvalue weighted by molar-refractivity contribution is 5.96. The number of carbonyl (C=O) groups is 2. The summed E-state index contributed by atoms with van der Waals surface area (Å²) in [4.78, 5) is 23.5. The molecule has 0 aliphatic carbocycles. The van der Waals surface area contributed by atoms with Gasteiger partial charge in [-0.25, -0.2) is 0 Å². The molecule has 0 unspecified atom stereocenters.